The smallest absolute Gasteiger partial charge is 0.224 e. The first-order valence-corrected chi connectivity index (χ1v) is 7.53. The van der Waals surface area contributed by atoms with Gasteiger partial charge in [0.15, 0.2) is 0 Å². The first kappa shape index (κ1) is 18.7. The highest BCUT2D eigenvalue weighted by molar-refractivity contribution is 5.90. The van der Waals surface area contributed by atoms with Crippen LogP contribution in [0.3, 0.4) is 0 Å². The molecule has 1 saturated heterocycles. The normalized spacial score (nSPS) is 18.4. The van der Waals surface area contributed by atoms with Gasteiger partial charge in [-0.3, -0.25) is 4.79 Å². The maximum absolute atomic E-state index is 11.7. The minimum Gasteiger partial charge on any atom is -0.491 e. The van der Waals surface area contributed by atoms with Crippen molar-refractivity contribution in [2.75, 3.05) is 18.5 Å². The highest BCUT2D eigenvalue weighted by Gasteiger charge is 2.15. The minimum absolute atomic E-state index is 0. The van der Waals surface area contributed by atoms with Gasteiger partial charge in [-0.2, -0.15) is 0 Å². The molecule has 0 bridgehead atoms. The van der Waals surface area contributed by atoms with Crippen molar-refractivity contribution >= 4 is 24.0 Å². The molecule has 1 amide bonds. The summed E-state index contributed by atoms with van der Waals surface area (Å²) in [6.45, 7) is 3.31. The summed E-state index contributed by atoms with van der Waals surface area (Å²) in [5.41, 5.74) is 6.40. The van der Waals surface area contributed by atoms with Gasteiger partial charge in [-0.1, -0.05) is 0 Å². The van der Waals surface area contributed by atoms with E-state index in [-0.39, 0.29) is 30.5 Å². The third-order valence-corrected chi connectivity index (χ3v) is 3.42. The van der Waals surface area contributed by atoms with Crippen LogP contribution in [0.1, 0.15) is 32.6 Å². The fourth-order valence-corrected chi connectivity index (χ4v) is 2.18. The summed E-state index contributed by atoms with van der Waals surface area (Å²) in [5, 5.41) is 2.85. The van der Waals surface area contributed by atoms with E-state index in [2.05, 4.69) is 5.32 Å². The number of hydrogen-bond donors (Lipinski definition) is 2. The number of carbonyl (C=O) groups is 1. The minimum atomic E-state index is -0.0136. The Hall–Kier alpha value is -1.30. The van der Waals surface area contributed by atoms with Gasteiger partial charge in [0.25, 0.3) is 0 Å². The highest BCUT2D eigenvalue weighted by Crippen LogP contribution is 2.18. The van der Waals surface area contributed by atoms with Gasteiger partial charge in [0.2, 0.25) is 5.91 Å². The Kier molecular flexibility index (Phi) is 8.24. The SMILES string of the molecule is CC(N)CCC(=O)Nc1ccc(OCC2CCCO2)cc1.Cl. The molecule has 1 aliphatic heterocycles. The van der Waals surface area contributed by atoms with Gasteiger partial charge < -0.3 is 20.5 Å². The molecule has 124 valence electrons. The molecule has 1 aromatic carbocycles. The number of hydrogen-bond acceptors (Lipinski definition) is 4. The molecule has 0 saturated carbocycles. The Morgan fingerprint density at radius 2 is 2.18 bits per heavy atom. The van der Waals surface area contributed by atoms with E-state index in [9.17, 15) is 4.79 Å². The maximum Gasteiger partial charge on any atom is 0.224 e. The van der Waals surface area contributed by atoms with Gasteiger partial charge in [-0.05, 0) is 50.5 Å². The van der Waals surface area contributed by atoms with Crippen molar-refractivity contribution in [3.63, 3.8) is 0 Å². The van der Waals surface area contributed by atoms with Crippen molar-refractivity contribution in [2.45, 2.75) is 44.8 Å². The number of nitrogens with one attached hydrogen (secondary N) is 1. The van der Waals surface area contributed by atoms with Crippen molar-refractivity contribution in [1.29, 1.82) is 0 Å². The van der Waals surface area contributed by atoms with Crippen LogP contribution in [-0.4, -0.2) is 31.3 Å². The van der Waals surface area contributed by atoms with Crippen molar-refractivity contribution in [1.82, 2.24) is 0 Å². The standard InChI is InChI=1S/C16H24N2O3.ClH/c1-12(17)4-9-16(19)18-13-5-7-14(8-6-13)21-11-15-3-2-10-20-15;/h5-8,12,15H,2-4,9-11,17H2,1H3,(H,18,19);1H. The van der Waals surface area contributed by atoms with Crippen LogP contribution in [0.2, 0.25) is 0 Å². The molecule has 2 unspecified atom stereocenters. The number of benzene rings is 1. The summed E-state index contributed by atoms with van der Waals surface area (Å²) >= 11 is 0. The molecule has 0 radical (unpaired) electrons. The number of nitrogens with two attached hydrogens (primary N) is 1. The number of amides is 1. The Balaban J connectivity index is 0.00000242. The van der Waals surface area contributed by atoms with Gasteiger partial charge in [0.05, 0.1) is 6.10 Å². The van der Waals surface area contributed by atoms with Crippen LogP contribution in [0.25, 0.3) is 0 Å². The van der Waals surface area contributed by atoms with Crippen LogP contribution in [0, 0.1) is 0 Å². The third kappa shape index (κ3) is 6.64. The molecule has 2 atom stereocenters. The second-order valence-electron chi connectivity index (χ2n) is 5.53. The molecular formula is C16H25ClN2O3. The first-order chi connectivity index (χ1) is 10.1. The molecule has 6 heteroatoms. The van der Waals surface area contributed by atoms with Crippen LogP contribution in [0.5, 0.6) is 5.75 Å². The van der Waals surface area contributed by atoms with E-state index in [0.29, 0.717) is 19.4 Å². The van der Waals surface area contributed by atoms with Gasteiger partial charge in [0, 0.05) is 24.8 Å². The van der Waals surface area contributed by atoms with Gasteiger partial charge in [0.1, 0.15) is 12.4 Å². The monoisotopic (exact) mass is 328 g/mol. The molecule has 1 aliphatic rings. The maximum atomic E-state index is 11.7. The lowest BCUT2D eigenvalue weighted by Crippen LogP contribution is -2.19. The Bertz CT molecular complexity index is 445. The summed E-state index contributed by atoms with van der Waals surface area (Å²) < 4.78 is 11.2. The van der Waals surface area contributed by atoms with Crippen LogP contribution >= 0.6 is 12.4 Å². The predicted molar refractivity (Wildman–Crippen MR) is 89.7 cm³/mol. The molecule has 5 nitrogen and oxygen atoms in total. The second kappa shape index (κ2) is 9.66. The number of carbonyl (C=O) groups excluding carboxylic acids is 1. The number of ether oxygens (including phenoxy) is 2. The number of halogens is 1. The van der Waals surface area contributed by atoms with Crippen molar-refractivity contribution in [3.8, 4) is 5.75 Å². The molecular weight excluding hydrogens is 304 g/mol. The van der Waals surface area contributed by atoms with Crippen LogP contribution in [0.15, 0.2) is 24.3 Å². The summed E-state index contributed by atoms with van der Waals surface area (Å²) in [4.78, 5) is 11.7. The molecule has 3 N–H and O–H groups in total. The van der Waals surface area contributed by atoms with E-state index in [1.165, 1.54) is 0 Å². The summed E-state index contributed by atoms with van der Waals surface area (Å²) in [6, 6.07) is 7.44. The zero-order valence-electron chi connectivity index (χ0n) is 12.9. The topological polar surface area (TPSA) is 73.6 Å². The lowest BCUT2D eigenvalue weighted by molar-refractivity contribution is -0.116. The number of anilines is 1. The largest absolute Gasteiger partial charge is 0.491 e. The molecule has 0 aliphatic carbocycles. The number of rotatable bonds is 7. The summed E-state index contributed by atoms with van der Waals surface area (Å²) in [6.07, 6.45) is 3.51. The van der Waals surface area contributed by atoms with Gasteiger partial charge in [-0.15, -0.1) is 12.4 Å². The van der Waals surface area contributed by atoms with Crippen LogP contribution in [0.4, 0.5) is 5.69 Å². The van der Waals surface area contributed by atoms with Gasteiger partial charge >= 0.3 is 0 Å². The quantitative estimate of drug-likeness (QED) is 0.807. The molecule has 1 heterocycles. The molecule has 0 aromatic heterocycles. The Morgan fingerprint density at radius 1 is 1.45 bits per heavy atom. The van der Waals surface area contributed by atoms with Crippen molar-refractivity contribution in [3.05, 3.63) is 24.3 Å². The molecule has 22 heavy (non-hydrogen) atoms. The third-order valence-electron chi connectivity index (χ3n) is 3.42. The second-order valence-corrected chi connectivity index (χ2v) is 5.53. The van der Waals surface area contributed by atoms with Crippen LogP contribution in [-0.2, 0) is 9.53 Å². The van der Waals surface area contributed by atoms with E-state index in [4.69, 9.17) is 15.2 Å². The molecule has 1 fully saturated rings. The first-order valence-electron chi connectivity index (χ1n) is 7.53. The van der Waals surface area contributed by atoms with Crippen molar-refractivity contribution < 1.29 is 14.3 Å². The molecule has 0 spiro atoms. The lowest BCUT2D eigenvalue weighted by Gasteiger charge is -2.12. The zero-order valence-corrected chi connectivity index (χ0v) is 13.7. The van der Waals surface area contributed by atoms with E-state index in [1.54, 1.807) is 0 Å². The fourth-order valence-electron chi connectivity index (χ4n) is 2.18. The van der Waals surface area contributed by atoms with E-state index in [0.717, 1.165) is 30.9 Å². The van der Waals surface area contributed by atoms with E-state index in [1.807, 2.05) is 31.2 Å². The summed E-state index contributed by atoms with van der Waals surface area (Å²) in [5.74, 6) is 0.777. The fraction of sp³-hybridized carbons (Fsp3) is 0.562. The van der Waals surface area contributed by atoms with E-state index < -0.39 is 0 Å². The Labute approximate surface area is 138 Å². The molecule has 2 rings (SSSR count). The average Bonchev–Trinajstić information content (AvgIpc) is 2.98. The average molecular weight is 329 g/mol. The lowest BCUT2D eigenvalue weighted by atomic mass is 10.2. The van der Waals surface area contributed by atoms with Crippen LogP contribution < -0.4 is 15.8 Å². The Morgan fingerprint density at radius 3 is 2.77 bits per heavy atom. The highest BCUT2D eigenvalue weighted by atomic mass is 35.5. The van der Waals surface area contributed by atoms with Crippen molar-refractivity contribution in [2.24, 2.45) is 5.73 Å². The van der Waals surface area contributed by atoms with Gasteiger partial charge in [-0.25, -0.2) is 0 Å². The van der Waals surface area contributed by atoms with E-state index >= 15 is 0 Å². The summed E-state index contributed by atoms with van der Waals surface area (Å²) in [7, 11) is 0. The predicted octanol–water partition coefficient (Wildman–Crippen LogP) is 2.73. The molecule has 1 aromatic rings. The zero-order chi connectivity index (χ0) is 15.1.